The maximum Gasteiger partial charge on any atom is 0.309 e. The van der Waals surface area contributed by atoms with Gasteiger partial charge in [-0.05, 0) is 12.8 Å². The van der Waals surface area contributed by atoms with Crippen molar-refractivity contribution in [1.29, 1.82) is 0 Å². The summed E-state index contributed by atoms with van der Waals surface area (Å²) < 4.78 is 10.4. The minimum atomic E-state index is -1.17. The number of carboxylic acids is 1. The van der Waals surface area contributed by atoms with E-state index in [0.717, 1.165) is 38.5 Å². The number of rotatable bonds is 21. The van der Waals surface area contributed by atoms with Gasteiger partial charge in [-0.3, -0.25) is 14.4 Å². The Morgan fingerprint density at radius 1 is 0.677 bits per heavy atom. The van der Waals surface area contributed by atoms with Crippen LogP contribution in [0.2, 0.25) is 0 Å². The molecular weight excluding hydrogens is 396 g/mol. The summed E-state index contributed by atoms with van der Waals surface area (Å²) in [4.78, 5) is 35.8. The van der Waals surface area contributed by atoms with Crippen LogP contribution in [-0.2, 0) is 23.9 Å². The molecular formula is C25H46O6. The van der Waals surface area contributed by atoms with Gasteiger partial charge >= 0.3 is 17.9 Å². The van der Waals surface area contributed by atoms with E-state index in [2.05, 4.69) is 13.8 Å². The molecule has 0 aliphatic heterocycles. The van der Waals surface area contributed by atoms with Crippen LogP contribution in [0.5, 0.6) is 0 Å². The van der Waals surface area contributed by atoms with Gasteiger partial charge in [0.2, 0.25) is 0 Å². The second kappa shape index (κ2) is 20.3. The van der Waals surface area contributed by atoms with Gasteiger partial charge in [-0.25, -0.2) is 0 Å². The highest BCUT2D eigenvalue weighted by atomic mass is 16.5. The Hall–Kier alpha value is -1.59. The first kappa shape index (κ1) is 29.4. The van der Waals surface area contributed by atoms with Gasteiger partial charge in [-0.15, -0.1) is 0 Å². The van der Waals surface area contributed by atoms with Gasteiger partial charge in [-0.1, -0.05) is 97.8 Å². The number of hydrogen-bond acceptors (Lipinski definition) is 5. The van der Waals surface area contributed by atoms with Crippen LogP contribution in [0.15, 0.2) is 0 Å². The highest BCUT2D eigenvalue weighted by Gasteiger charge is 2.33. The second-order valence-corrected chi connectivity index (χ2v) is 8.57. The Morgan fingerprint density at radius 3 is 1.55 bits per heavy atom. The predicted octanol–water partition coefficient (Wildman–Crippen LogP) is 6.30. The summed E-state index contributed by atoms with van der Waals surface area (Å²) >= 11 is 0. The van der Waals surface area contributed by atoms with Crippen molar-refractivity contribution in [2.24, 2.45) is 11.8 Å². The Bertz CT molecular complexity index is 477. The fourth-order valence-electron chi connectivity index (χ4n) is 3.49. The van der Waals surface area contributed by atoms with E-state index < -0.39 is 29.7 Å². The smallest absolute Gasteiger partial charge is 0.309 e. The fraction of sp³-hybridized carbons (Fsp3) is 0.880. The molecule has 0 aromatic heterocycles. The molecule has 0 amide bonds. The van der Waals surface area contributed by atoms with E-state index in [-0.39, 0.29) is 6.42 Å². The molecule has 0 radical (unpaired) electrons. The van der Waals surface area contributed by atoms with E-state index in [1.54, 1.807) is 0 Å². The lowest BCUT2D eigenvalue weighted by Crippen LogP contribution is -2.31. The van der Waals surface area contributed by atoms with Crippen LogP contribution in [0.3, 0.4) is 0 Å². The molecule has 0 saturated heterocycles. The fourth-order valence-corrected chi connectivity index (χ4v) is 3.49. The molecule has 0 spiro atoms. The summed E-state index contributed by atoms with van der Waals surface area (Å²) in [5.74, 6) is -4.30. The molecule has 0 bridgehead atoms. The molecule has 2 unspecified atom stereocenters. The number of aliphatic carboxylic acids is 1. The third kappa shape index (κ3) is 16.7. The maximum absolute atomic E-state index is 12.2. The molecule has 0 saturated carbocycles. The quantitative estimate of drug-likeness (QED) is 0.166. The Morgan fingerprint density at radius 2 is 1.10 bits per heavy atom. The molecule has 1 N–H and O–H groups in total. The maximum atomic E-state index is 12.2. The van der Waals surface area contributed by atoms with Crippen molar-refractivity contribution in [2.75, 3.05) is 13.2 Å². The SMILES string of the molecule is CCCCCCCCCOC(=O)CC(C(=O)O)C(C)C(=O)OCCCCCCCCC. The summed E-state index contributed by atoms with van der Waals surface area (Å²) in [6.45, 7) is 6.47. The van der Waals surface area contributed by atoms with Gasteiger partial charge < -0.3 is 14.6 Å². The van der Waals surface area contributed by atoms with Gasteiger partial charge in [0, 0.05) is 0 Å². The molecule has 0 fully saturated rings. The predicted molar refractivity (Wildman–Crippen MR) is 123 cm³/mol. The topological polar surface area (TPSA) is 89.9 Å². The van der Waals surface area contributed by atoms with E-state index in [9.17, 15) is 19.5 Å². The summed E-state index contributed by atoms with van der Waals surface area (Å²) in [6, 6.07) is 0. The number of carboxylic acid groups (broad SMARTS) is 1. The first-order chi connectivity index (χ1) is 14.9. The molecule has 6 nitrogen and oxygen atoms in total. The first-order valence-electron chi connectivity index (χ1n) is 12.5. The van der Waals surface area contributed by atoms with Crippen LogP contribution in [0, 0.1) is 11.8 Å². The molecule has 0 aromatic carbocycles. The molecule has 0 heterocycles. The van der Waals surface area contributed by atoms with Crippen LogP contribution >= 0.6 is 0 Å². The third-order valence-corrected chi connectivity index (χ3v) is 5.68. The summed E-state index contributed by atoms with van der Waals surface area (Å²) in [6.07, 6.45) is 15.3. The second-order valence-electron chi connectivity index (χ2n) is 8.57. The monoisotopic (exact) mass is 442 g/mol. The van der Waals surface area contributed by atoms with E-state index in [4.69, 9.17) is 9.47 Å². The zero-order chi connectivity index (χ0) is 23.3. The van der Waals surface area contributed by atoms with Crippen LogP contribution in [0.25, 0.3) is 0 Å². The van der Waals surface area contributed by atoms with Crippen LogP contribution in [0.4, 0.5) is 0 Å². The molecule has 31 heavy (non-hydrogen) atoms. The van der Waals surface area contributed by atoms with Crippen molar-refractivity contribution in [3.8, 4) is 0 Å². The van der Waals surface area contributed by atoms with E-state index >= 15 is 0 Å². The molecule has 0 aromatic rings. The van der Waals surface area contributed by atoms with Gasteiger partial charge in [0.05, 0.1) is 31.5 Å². The third-order valence-electron chi connectivity index (χ3n) is 5.68. The van der Waals surface area contributed by atoms with Crippen molar-refractivity contribution in [1.82, 2.24) is 0 Å². The van der Waals surface area contributed by atoms with Crippen LogP contribution in [0.1, 0.15) is 117 Å². The van der Waals surface area contributed by atoms with Gasteiger partial charge in [-0.2, -0.15) is 0 Å². The van der Waals surface area contributed by atoms with E-state index in [1.165, 1.54) is 58.3 Å². The van der Waals surface area contributed by atoms with Gasteiger partial charge in [0.1, 0.15) is 0 Å². The number of hydrogen-bond donors (Lipinski definition) is 1. The van der Waals surface area contributed by atoms with E-state index in [0.29, 0.717) is 13.2 Å². The molecule has 0 rings (SSSR count). The van der Waals surface area contributed by atoms with Gasteiger partial charge in [0.25, 0.3) is 0 Å². The standard InChI is InChI=1S/C25H46O6/c1-4-6-8-10-12-14-16-18-30-23(26)20-22(24(27)28)21(3)25(29)31-19-17-15-13-11-9-7-5-2/h21-22H,4-20H2,1-3H3,(H,27,28). The Kier molecular flexibility index (Phi) is 19.3. The highest BCUT2D eigenvalue weighted by molar-refractivity contribution is 5.84. The van der Waals surface area contributed by atoms with Crippen molar-refractivity contribution in [2.45, 2.75) is 117 Å². The minimum Gasteiger partial charge on any atom is -0.481 e. The minimum absolute atomic E-state index is 0.298. The van der Waals surface area contributed by atoms with Crippen LogP contribution < -0.4 is 0 Å². The average Bonchev–Trinajstić information content (AvgIpc) is 2.74. The lowest BCUT2D eigenvalue weighted by Gasteiger charge is -2.18. The normalized spacial score (nSPS) is 12.9. The Balaban J connectivity index is 4.05. The van der Waals surface area contributed by atoms with Crippen molar-refractivity contribution in [3.63, 3.8) is 0 Å². The molecule has 0 aliphatic carbocycles. The lowest BCUT2D eigenvalue weighted by molar-refractivity contribution is -0.160. The summed E-state index contributed by atoms with van der Waals surface area (Å²) in [5.41, 5.74) is 0. The number of unbranched alkanes of at least 4 members (excludes halogenated alkanes) is 12. The average molecular weight is 443 g/mol. The molecule has 2 atom stereocenters. The summed E-state index contributed by atoms with van der Waals surface area (Å²) in [7, 11) is 0. The number of carbonyl (C=O) groups excluding carboxylic acids is 2. The highest BCUT2D eigenvalue weighted by Crippen LogP contribution is 2.19. The zero-order valence-electron chi connectivity index (χ0n) is 20.2. The molecule has 0 aliphatic rings. The first-order valence-corrected chi connectivity index (χ1v) is 12.5. The number of esters is 2. The molecule has 182 valence electrons. The summed E-state index contributed by atoms with van der Waals surface area (Å²) in [5, 5.41) is 9.45. The van der Waals surface area contributed by atoms with Crippen LogP contribution in [-0.4, -0.2) is 36.2 Å². The van der Waals surface area contributed by atoms with Crippen molar-refractivity contribution >= 4 is 17.9 Å². The van der Waals surface area contributed by atoms with Crippen molar-refractivity contribution in [3.05, 3.63) is 0 Å². The number of ether oxygens (including phenoxy) is 2. The zero-order valence-corrected chi connectivity index (χ0v) is 20.2. The van der Waals surface area contributed by atoms with Gasteiger partial charge in [0.15, 0.2) is 0 Å². The number of carbonyl (C=O) groups is 3. The lowest BCUT2D eigenvalue weighted by atomic mass is 9.91. The van der Waals surface area contributed by atoms with Crippen molar-refractivity contribution < 1.29 is 29.0 Å². The molecule has 6 heteroatoms. The largest absolute Gasteiger partial charge is 0.481 e. The Labute approximate surface area is 189 Å². The van der Waals surface area contributed by atoms with E-state index in [1.807, 2.05) is 0 Å².